The van der Waals surface area contributed by atoms with Crippen LogP contribution in [0.25, 0.3) is 0 Å². The number of hydrogen-bond acceptors (Lipinski definition) is 7. The highest BCUT2D eigenvalue weighted by molar-refractivity contribution is 5.70. The summed E-state index contributed by atoms with van der Waals surface area (Å²) in [6.07, 6.45) is 52.8. The summed E-state index contributed by atoms with van der Waals surface area (Å²) in [4.78, 5) is 37.0. The summed E-state index contributed by atoms with van der Waals surface area (Å²) in [5.41, 5.74) is 0. The molecule has 0 aliphatic carbocycles. The third-order valence-electron chi connectivity index (χ3n) is 11.2. The van der Waals surface area contributed by atoms with E-state index in [0.717, 1.165) is 64.2 Å². The number of carboxylic acids is 1. The van der Waals surface area contributed by atoms with Crippen molar-refractivity contribution in [3.05, 3.63) is 48.6 Å². The zero-order valence-electron chi connectivity index (χ0n) is 40.3. The zero-order valence-corrected chi connectivity index (χ0v) is 40.3. The number of carbonyl (C=O) groups excluding carboxylic acids is 3. The second kappa shape index (κ2) is 43.9. The Bertz CT molecular complexity index is 1140. The van der Waals surface area contributed by atoms with Gasteiger partial charge in [-0.25, -0.2) is 0 Å². The van der Waals surface area contributed by atoms with Crippen molar-refractivity contribution in [1.82, 2.24) is 0 Å². The van der Waals surface area contributed by atoms with Crippen LogP contribution in [0.15, 0.2) is 48.6 Å². The molecular formula is C53H95NO7. The normalized spacial score (nSPS) is 13.3. The van der Waals surface area contributed by atoms with E-state index in [1.54, 1.807) is 21.1 Å². The highest BCUT2D eigenvalue weighted by atomic mass is 16.6. The second-order valence-corrected chi connectivity index (χ2v) is 18.0. The van der Waals surface area contributed by atoms with E-state index in [4.69, 9.17) is 14.2 Å². The molecule has 2 atom stereocenters. The maximum Gasteiger partial charge on any atom is 0.306 e. The molecule has 8 nitrogen and oxygen atoms in total. The molecule has 0 saturated heterocycles. The highest BCUT2D eigenvalue weighted by Crippen LogP contribution is 2.16. The first-order valence-electron chi connectivity index (χ1n) is 25.2. The Labute approximate surface area is 376 Å². The minimum Gasteiger partial charge on any atom is -0.544 e. The Morgan fingerprint density at radius 2 is 0.918 bits per heavy atom. The molecule has 0 amide bonds. The molecule has 0 heterocycles. The van der Waals surface area contributed by atoms with Gasteiger partial charge in [0.25, 0.3) is 0 Å². The van der Waals surface area contributed by atoms with Crippen LogP contribution >= 0.6 is 0 Å². The Morgan fingerprint density at radius 3 is 1.36 bits per heavy atom. The van der Waals surface area contributed by atoms with Crippen molar-refractivity contribution < 1.29 is 38.2 Å². The average Bonchev–Trinajstić information content (AvgIpc) is 3.22. The van der Waals surface area contributed by atoms with Crippen molar-refractivity contribution in [2.75, 3.05) is 41.0 Å². The van der Waals surface area contributed by atoms with E-state index in [1.165, 1.54) is 122 Å². The van der Waals surface area contributed by atoms with E-state index in [-0.39, 0.29) is 42.7 Å². The Balaban J connectivity index is 4.23. The van der Waals surface area contributed by atoms with E-state index in [0.29, 0.717) is 12.8 Å². The predicted molar refractivity (Wildman–Crippen MR) is 254 cm³/mol. The average molecular weight is 858 g/mol. The van der Waals surface area contributed by atoms with Gasteiger partial charge < -0.3 is 28.6 Å². The first kappa shape index (κ1) is 58.3. The first-order valence-corrected chi connectivity index (χ1v) is 25.2. The summed E-state index contributed by atoms with van der Waals surface area (Å²) >= 11 is 0. The number of allylic oxidation sites excluding steroid dienone is 8. The SMILES string of the molecule is CC/C=C/C/C=C/C/C=C/C/C=C/CCCCCCCCCCCCC(=O)OC(COCCC(C(=O)[O-])[N+](C)(C)C)COC(=O)CCCCCCCCCCCCCCCC. The van der Waals surface area contributed by atoms with Crippen LogP contribution in [0, 0.1) is 0 Å². The number of carbonyl (C=O) groups is 3. The molecule has 0 N–H and O–H groups in total. The number of nitrogens with zero attached hydrogens (tertiary/aromatic N) is 1. The molecule has 0 saturated carbocycles. The lowest BCUT2D eigenvalue weighted by Crippen LogP contribution is -2.55. The van der Waals surface area contributed by atoms with E-state index < -0.39 is 18.1 Å². The molecule has 61 heavy (non-hydrogen) atoms. The molecule has 0 radical (unpaired) electrons. The van der Waals surface area contributed by atoms with Crippen LogP contribution in [0.3, 0.4) is 0 Å². The van der Waals surface area contributed by atoms with Crippen molar-refractivity contribution in [3.63, 3.8) is 0 Å². The molecule has 0 bridgehead atoms. The van der Waals surface area contributed by atoms with Crippen LogP contribution < -0.4 is 5.11 Å². The molecule has 0 spiro atoms. The fourth-order valence-corrected chi connectivity index (χ4v) is 7.36. The number of carboxylic acid groups (broad SMARTS) is 1. The van der Waals surface area contributed by atoms with Gasteiger partial charge in [-0.15, -0.1) is 0 Å². The number of esters is 2. The monoisotopic (exact) mass is 858 g/mol. The van der Waals surface area contributed by atoms with Gasteiger partial charge >= 0.3 is 11.9 Å². The summed E-state index contributed by atoms with van der Waals surface area (Å²) in [5, 5.41) is 11.7. The zero-order chi connectivity index (χ0) is 44.9. The van der Waals surface area contributed by atoms with Crippen LogP contribution in [0.2, 0.25) is 0 Å². The summed E-state index contributed by atoms with van der Waals surface area (Å²) < 4.78 is 17.2. The van der Waals surface area contributed by atoms with Gasteiger partial charge in [-0.05, 0) is 51.4 Å². The van der Waals surface area contributed by atoms with Crippen LogP contribution in [0.1, 0.15) is 219 Å². The predicted octanol–water partition coefficient (Wildman–Crippen LogP) is 13.0. The Kier molecular flexibility index (Phi) is 42.0. The quantitative estimate of drug-likeness (QED) is 0.0260. The molecule has 0 fully saturated rings. The number of unbranched alkanes of at least 4 members (excludes halogenated alkanes) is 23. The summed E-state index contributed by atoms with van der Waals surface area (Å²) in [7, 11) is 5.42. The van der Waals surface area contributed by atoms with Crippen LogP contribution in [0.5, 0.6) is 0 Å². The largest absolute Gasteiger partial charge is 0.544 e. The molecule has 0 aliphatic rings. The van der Waals surface area contributed by atoms with E-state index in [1.807, 2.05) is 0 Å². The fraction of sp³-hybridized carbons (Fsp3) is 0.792. The van der Waals surface area contributed by atoms with Crippen molar-refractivity contribution in [2.24, 2.45) is 0 Å². The first-order chi connectivity index (χ1) is 29.6. The molecular weight excluding hydrogens is 763 g/mol. The standard InChI is InChI=1S/C53H95NO7/c1-6-8-10-12-14-16-18-20-22-23-24-25-26-27-28-29-30-32-34-36-38-40-42-44-52(56)61-49(47-59-46-45-50(53(57)58)54(3,4)5)48-60-51(55)43-41-39-37-35-33-31-21-19-17-15-13-11-9-7-2/h8,10,14,16,20,22,24-25,49-50H,6-7,9,11-13,15,17-19,21,23,26-48H2,1-5H3/b10-8+,16-14+,22-20+,25-24+. The van der Waals surface area contributed by atoms with Gasteiger partial charge in [-0.1, -0.05) is 197 Å². The summed E-state index contributed by atoms with van der Waals surface area (Å²) in [6.45, 7) is 4.57. The number of quaternary nitrogens is 1. The lowest BCUT2D eigenvalue weighted by molar-refractivity contribution is -0.889. The smallest absolute Gasteiger partial charge is 0.306 e. The molecule has 0 aromatic carbocycles. The molecule has 354 valence electrons. The van der Waals surface area contributed by atoms with Crippen molar-refractivity contribution in [1.29, 1.82) is 0 Å². The number of hydrogen-bond donors (Lipinski definition) is 0. The van der Waals surface area contributed by atoms with Gasteiger partial charge in [0.2, 0.25) is 0 Å². The fourth-order valence-electron chi connectivity index (χ4n) is 7.36. The Hall–Kier alpha value is -2.71. The number of aliphatic carboxylic acids is 1. The third-order valence-corrected chi connectivity index (χ3v) is 11.2. The molecule has 0 rings (SSSR count). The van der Waals surface area contributed by atoms with Crippen molar-refractivity contribution in [3.8, 4) is 0 Å². The van der Waals surface area contributed by atoms with E-state index >= 15 is 0 Å². The van der Waals surface area contributed by atoms with Gasteiger partial charge in [-0.2, -0.15) is 0 Å². The molecule has 0 aromatic heterocycles. The topological polar surface area (TPSA) is 102 Å². The lowest BCUT2D eigenvalue weighted by Gasteiger charge is -2.34. The van der Waals surface area contributed by atoms with Gasteiger partial charge in [0.05, 0.1) is 40.3 Å². The van der Waals surface area contributed by atoms with Crippen LogP contribution in [-0.4, -0.2) is 75.5 Å². The van der Waals surface area contributed by atoms with E-state index in [9.17, 15) is 19.5 Å². The number of likely N-dealkylation sites (N-methyl/N-ethyl adjacent to an activating group) is 1. The minimum absolute atomic E-state index is 0.0409. The lowest BCUT2D eigenvalue weighted by atomic mass is 10.0. The number of ether oxygens (including phenoxy) is 3. The number of rotatable bonds is 45. The minimum atomic E-state index is -1.12. The van der Waals surface area contributed by atoms with Crippen LogP contribution in [0.4, 0.5) is 0 Å². The van der Waals surface area contributed by atoms with Gasteiger partial charge in [0.1, 0.15) is 12.6 Å². The van der Waals surface area contributed by atoms with Gasteiger partial charge in [0.15, 0.2) is 6.10 Å². The van der Waals surface area contributed by atoms with Crippen molar-refractivity contribution >= 4 is 17.9 Å². The van der Waals surface area contributed by atoms with Gasteiger partial charge in [-0.3, -0.25) is 9.59 Å². The summed E-state index contributed by atoms with van der Waals surface area (Å²) in [5.74, 6) is -1.73. The molecule has 0 aliphatic heterocycles. The molecule has 2 unspecified atom stereocenters. The molecule has 8 heteroatoms. The van der Waals surface area contributed by atoms with Crippen molar-refractivity contribution in [2.45, 2.75) is 231 Å². The summed E-state index contributed by atoms with van der Waals surface area (Å²) in [6, 6.07) is -0.726. The van der Waals surface area contributed by atoms with Crippen LogP contribution in [-0.2, 0) is 28.6 Å². The maximum atomic E-state index is 12.8. The third kappa shape index (κ3) is 42.4. The van der Waals surface area contributed by atoms with Gasteiger partial charge in [0, 0.05) is 19.3 Å². The highest BCUT2D eigenvalue weighted by Gasteiger charge is 2.25. The van der Waals surface area contributed by atoms with E-state index in [2.05, 4.69) is 62.5 Å². The maximum absolute atomic E-state index is 12.8. The second-order valence-electron chi connectivity index (χ2n) is 18.0. The molecule has 0 aromatic rings. The Morgan fingerprint density at radius 1 is 0.508 bits per heavy atom.